The lowest BCUT2D eigenvalue weighted by molar-refractivity contribution is 0.171. The van der Waals surface area contributed by atoms with Crippen LogP contribution in [0.25, 0.3) is 21.7 Å². The number of nitrogens with one attached hydrogen (secondary N) is 1. The Kier molecular flexibility index (Phi) is 4.73. The summed E-state index contributed by atoms with van der Waals surface area (Å²) in [6.45, 7) is 3.96. The number of pyridine rings is 1. The van der Waals surface area contributed by atoms with E-state index in [9.17, 15) is 0 Å². The summed E-state index contributed by atoms with van der Waals surface area (Å²) in [5.41, 5.74) is 1.87. The third-order valence-electron chi connectivity index (χ3n) is 4.75. The van der Waals surface area contributed by atoms with Crippen LogP contribution in [0.2, 0.25) is 0 Å². The molecule has 0 fully saturated rings. The van der Waals surface area contributed by atoms with Gasteiger partial charge in [-0.2, -0.15) is 0 Å². The van der Waals surface area contributed by atoms with Crippen molar-refractivity contribution in [3.63, 3.8) is 0 Å². The largest absolute Gasteiger partial charge is 0.486 e. The minimum absolute atomic E-state index is 0.582. The molecular weight excluding hydrogens is 384 g/mol. The molecule has 1 N–H and O–H groups in total. The molecule has 7 heteroatoms. The summed E-state index contributed by atoms with van der Waals surface area (Å²) in [5, 5.41) is 4.54. The van der Waals surface area contributed by atoms with E-state index in [-0.39, 0.29) is 0 Å². The topological polar surface area (TPSA) is 69.2 Å². The molecule has 0 bridgehead atoms. The molecule has 4 heterocycles. The Morgan fingerprint density at radius 3 is 2.76 bits per heavy atom. The molecule has 0 saturated carbocycles. The lowest BCUT2D eigenvalue weighted by Crippen LogP contribution is -2.15. The highest BCUT2D eigenvalue weighted by molar-refractivity contribution is 7.18. The number of nitrogens with zero attached hydrogens (tertiary/aromatic N) is 3. The number of rotatable bonds is 5. The lowest BCUT2D eigenvalue weighted by Gasteiger charge is -2.19. The predicted molar refractivity (Wildman–Crippen MR) is 115 cm³/mol. The molecule has 0 unspecified atom stereocenters. The molecular formula is C22H20N4O2S. The minimum Gasteiger partial charge on any atom is -0.486 e. The molecule has 1 aliphatic rings. The van der Waals surface area contributed by atoms with E-state index < -0.39 is 0 Å². The van der Waals surface area contributed by atoms with Gasteiger partial charge in [0.25, 0.3) is 0 Å². The molecule has 146 valence electrons. The van der Waals surface area contributed by atoms with Gasteiger partial charge in [0.05, 0.1) is 5.39 Å². The van der Waals surface area contributed by atoms with Crippen molar-refractivity contribution in [2.75, 3.05) is 18.5 Å². The number of aromatic nitrogens is 3. The number of anilines is 1. The van der Waals surface area contributed by atoms with E-state index in [1.54, 1.807) is 17.5 Å². The van der Waals surface area contributed by atoms with Crippen LogP contribution in [0.1, 0.15) is 17.4 Å². The molecule has 0 spiro atoms. The number of hydrogen-bond donors (Lipinski definition) is 1. The molecule has 5 rings (SSSR count). The van der Waals surface area contributed by atoms with Gasteiger partial charge in [0.2, 0.25) is 0 Å². The Morgan fingerprint density at radius 2 is 1.93 bits per heavy atom. The molecule has 0 amide bonds. The van der Waals surface area contributed by atoms with Gasteiger partial charge in [-0.25, -0.2) is 9.97 Å². The molecule has 1 aromatic carbocycles. The van der Waals surface area contributed by atoms with Crippen molar-refractivity contribution in [1.29, 1.82) is 0 Å². The normalized spacial score (nSPS) is 12.9. The van der Waals surface area contributed by atoms with Crippen LogP contribution in [-0.2, 0) is 13.0 Å². The maximum Gasteiger partial charge on any atom is 0.181 e. The van der Waals surface area contributed by atoms with Crippen LogP contribution in [0.15, 0.2) is 48.7 Å². The summed E-state index contributed by atoms with van der Waals surface area (Å²) in [4.78, 5) is 16.2. The van der Waals surface area contributed by atoms with Gasteiger partial charge in [0.1, 0.15) is 29.6 Å². The Bertz CT molecular complexity index is 1160. The third kappa shape index (κ3) is 3.61. The summed E-state index contributed by atoms with van der Waals surface area (Å²) in [6, 6.07) is 14.0. The van der Waals surface area contributed by atoms with Gasteiger partial charge >= 0.3 is 0 Å². The monoisotopic (exact) mass is 404 g/mol. The fourth-order valence-electron chi connectivity index (χ4n) is 3.27. The number of aryl methyl sites for hydroxylation is 1. The van der Waals surface area contributed by atoms with E-state index >= 15 is 0 Å². The highest BCUT2D eigenvalue weighted by Crippen LogP contribution is 2.33. The standard InChI is InChI=1S/C22H20N4O2S/c1-2-15-12-16-20(24-13-14-6-7-18-19(11-14)28-10-9-27-18)25-21(26-22(16)29-15)17-5-3-4-8-23-17/h3-8,11-12H,2,9-10,13H2,1H3,(H,24,25,26). The Labute approximate surface area is 172 Å². The van der Waals surface area contributed by atoms with Crippen LogP contribution in [0, 0.1) is 0 Å². The van der Waals surface area contributed by atoms with Crippen molar-refractivity contribution in [1.82, 2.24) is 15.0 Å². The van der Waals surface area contributed by atoms with Crippen LogP contribution >= 0.6 is 11.3 Å². The first-order chi connectivity index (χ1) is 14.3. The van der Waals surface area contributed by atoms with E-state index in [2.05, 4.69) is 23.3 Å². The molecule has 0 saturated heterocycles. The smallest absolute Gasteiger partial charge is 0.181 e. The molecule has 3 aromatic heterocycles. The quantitative estimate of drug-likeness (QED) is 0.520. The van der Waals surface area contributed by atoms with Crippen molar-refractivity contribution >= 4 is 27.4 Å². The SMILES string of the molecule is CCc1cc2c(NCc3ccc4c(c3)OCCO4)nc(-c3ccccn3)nc2s1. The Morgan fingerprint density at radius 1 is 1.03 bits per heavy atom. The number of thiophene rings is 1. The number of benzene rings is 1. The summed E-state index contributed by atoms with van der Waals surface area (Å²) < 4.78 is 11.3. The molecule has 0 aliphatic carbocycles. The zero-order valence-corrected chi connectivity index (χ0v) is 16.8. The van der Waals surface area contributed by atoms with E-state index in [0.717, 1.165) is 45.2 Å². The van der Waals surface area contributed by atoms with Gasteiger partial charge < -0.3 is 14.8 Å². The van der Waals surface area contributed by atoms with E-state index in [0.29, 0.717) is 25.6 Å². The first-order valence-electron chi connectivity index (χ1n) is 9.64. The second kappa shape index (κ2) is 7.67. The maximum atomic E-state index is 5.70. The van der Waals surface area contributed by atoms with Gasteiger partial charge in [-0.15, -0.1) is 11.3 Å². The van der Waals surface area contributed by atoms with Crippen molar-refractivity contribution in [2.24, 2.45) is 0 Å². The Hall–Kier alpha value is -3.19. The number of hydrogen-bond acceptors (Lipinski definition) is 7. The highest BCUT2D eigenvalue weighted by Gasteiger charge is 2.15. The average Bonchev–Trinajstić information content (AvgIpc) is 3.21. The lowest BCUT2D eigenvalue weighted by atomic mass is 10.2. The van der Waals surface area contributed by atoms with Gasteiger partial charge in [0, 0.05) is 17.6 Å². The van der Waals surface area contributed by atoms with Gasteiger partial charge in [0.15, 0.2) is 17.3 Å². The van der Waals surface area contributed by atoms with E-state index in [1.807, 2.05) is 36.4 Å². The molecule has 6 nitrogen and oxygen atoms in total. The molecule has 0 atom stereocenters. The zero-order chi connectivity index (χ0) is 19.6. The van der Waals surface area contributed by atoms with E-state index in [4.69, 9.17) is 19.4 Å². The van der Waals surface area contributed by atoms with Crippen molar-refractivity contribution in [2.45, 2.75) is 19.9 Å². The average molecular weight is 404 g/mol. The van der Waals surface area contributed by atoms with Crippen molar-refractivity contribution in [3.05, 3.63) is 59.1 Å². The fraction of sp³-hybridized carbons (Fsp3) is 0.227. The van der Waals surface area contributed by atoms with E-state index in [1.165, 1.54) is 4.88 Å². The third-order valence-corrected chi connectivity index (χ3v) is 5.93. The maximum absolute atomic E-state index is 5.70. The summed E-state index contributed by atoms with van der Waals surface area (Å²) >= 11 is 1.71. The number of fused-ring (bicyclic) bond motifs is 2. The number of ether oxygens (including phenoxy) is 2. The van der Waals surface area contributed by atoms with Crippen molar-refractivity contribution in [3.8, 4) is 23.0 Å². The van der Waals surface area contributed by atoms with Crippen LogP contribution in [0.3, 0.4) is 0 Å². The van der Waals surface area contributed by atoms with Crippen LogP contribution in [0.5, 0.6) is 11.5 Å². The van der Waals surface area contributed by atoms with Gasteiger partial charge in [-0.1, -0.05) is 19.1 Å². The Balaban J connectivity index is 1.49. The summed E-state index contributed by atoms with van der Waals surface area (Å²) in [6.07, 6.45) is 2.73. The molecule has 29 heavy (non-hydrogen) atoms. The van der Waals surface area contributed by atoms with Crippen LogP contribution in [-0.4, -0.2) is 28.2 Å². The first kappa shape index (κ1) is 17.9. The van der Waals surface area contributed by atoms with Crippen molar-refractivity contribution < 1.29 is 9.47 Å². The highest BCUT2D eigenvalue weighted by atomic mass is 32.1. The first-order valence-corrected chi connectivity index (χ1v) is 10.5. The van der Waals surface area contributed by atoms with Crippen LogP contribution < -0.4 is 14.8 Å². The molecule has 4 aromatic rings. The van der Waals surface area contributed by atoms with Gasteiger partial charge in [-0.3, -0.25) is 4.98 Å². The van der Waals surface area contributed by atoms with Crippen LogP contribution in [0.4, 0.5) is 5.82 Å². The summed E-state index contributed by atoms with van der Waals surface area (Å²) in [7, 11) is 0. The zero-order valence-electron chi connectivity index (χ0n) is 16.0. The summed E-state index contributed by atoms with van der Waals surface area (Å²) in [5.74, 6) is 3.04. The second-order valence-electron chi connectivity index (χ2n) is 6.73. The fourth-order valence-corrected chi connectivity index (χ4v) is 4.24. The molecule has 0 radical (unpaired) electrons. The second-order valence-corrected chi connectivity index (χ2v) is 7.84. The molecule has 1 aliphatic heterocycles. The predicted octanol–water partition coefficient (Wildman–Crippen LogP) is 4.70. The van der Waals surface area contributed by atoms with Gasteiger partial charge in [-0.05, 0) is 42.3 Å². The minimum atomic E-state index is 0.582.